The molecule has 110 valence electrons. The summed E-state index contributed by atoms with van der Waals surface area (Å²) in [4.78, 5) is 11.0. The number of rotatable bonds is 2. The number of benzene rings is 2. The first-order valence-electron chi connectivity index (χ1n) is 7.00. The van der Waals surface area contributed by atoms with Gasteiger partial charge in [-0.3, -0.25) is 10.1 Å². The van der Waals surface area contributed by atoms with Crippen molar-refractivity contribution >= 4 is 17.7 Å². The lowest BCUT2D eigenvalue weighted by molar-refractivity contribution is -0.138. The van der Waals surface area contributed by atoms with E-state index in [1.54, 1.807) is 11.8 Å². The molecule has 0 saturated carbocycles. The predicted octanol–water partition coefficient (Wildman–Crippen LogP) is 2.87. The lowest BCUT2D eigenvalue weighted by Gasteiger charge is -2.11. The second kappa shape index (κ2) is 6.69. The van der Waals surface area contributed by atoms with E-state index in [0.29, 0.717) is 5.75 Å². The quantitative estimate of drug-likeness (QED) is 0.838. The Balaban J connectivity index is 1.69. The van der Waals surface area contributed by atoms with Crippen molar-refractivity contribution in [1.82, 2.24) is 5.32 Å². The number of hydrogen-bond donors (Lipinski definition) is 2. The summed E-state index contributed by atoms with van der Waals surface area (Å²) in [5, 5.41) is 12.2. The van der Waals surface area contributed by atoms with E-state index in [0.717, 1.165) is 16.7 Å². The van der Waals surface area contributed by atoms with Crippen LogP contribution >= 0.6 is 11.8 Å². The topological polar surface area (TPSA) is 49.3 Å². The maximum Gasteiger partial charge on any atom is 0.321 e. The second-order valence-electron chi connectivity index (χ2n) is 5.01. The smallest absolute Gasteiger partial charge is 0.321 e. The van der Waals surface area contributed by atoms with Gasteiger partial charge in [0.15, 0.2) is 0 Å². The highest BCUT2D eigenvalue weighted by Crippen LogP contribution is 2.32. The number of nitrogens with one attached hydrogen (secondary N) is 1. The molecule has 0 bridgehead atoms. The summed E-state index contributed by atoms with van der Waals surface area (Å²) >= 11 is 1.62. The highest BCUT2D eigenvalue weighted by Gasteiger charge is 2.30. The lowest BCUT2D eigenvalue weighted by atomic mass is 10.1. The van der Waals surface area contributed by atoms with Crippen molar-refractivity contribution in [3.05, 3.63) is 71.3 Å². The Kier molecular flexibility index (Phi) is 4.47. The van der Waals surface area contributed by atoms with Crippen LogP contribution in [-0.2, 0) is 4.79 Å². The summed E-state index contributed by atoms with van der Waals surface area (Å²) in [6.45, 7) is 0. The molecule has 1 heterocycles. The Hall–Kier alpha value is -2.22. The molecule has 22 heavy (non-hydrogen) atoms. The van der Waals surface area contributed by atoms with Gasteiger partial charge in [0.2, 0.25) is 0 Å². The molecule has 1 aliphatic rings. The summed E-state index contributed by atoms with van der Waals surface area (Å²) in [7, 11) is 0. The summed E-state index contributed by atoms with van der Waals surface area (Å²) < 4.78 is 0. The first-order valence-corrected chi connectivity index (χ1v) is 8.05. The van der Waals surface area contributed by atoms with Crippen LogP contribution in [0.1, 0.15) is 22.1 Å². The number of carboxylic acids is 1. The molecule has 3 rings (SSSR count). The molecule has 1 fully saturated rings. The summed E-state index contributed by atoms with van der Waals surface area (Å²) in [6.07, 6.45) is 0. The van der Waals surface area contributed by atoms with Gasteiger partial charge >= 0.3 is 5.97 Å². The molecule has 0 spiro atoms. The maximum atomic E-state index is 11.0. The number of carbonyl (C=O) groups is 1. The molecule has 0 aliphatic carbocycles. The van der Waals surface area contributed by atoms with Gasteiger partial charge in [-0.05, 0) is 29.8 Å². The molecule has 0 aromatic heterocycles. The van der Waals surface area contributed by atoms with Crippen molar-refractivity contribution in [3.63, 3.8) is 0 Å². The third-order valence-electron chi connectivity index (χ3n) is 3.42. The third-order valence-corrected chi connectivity index (χ3v) is 4.69. The molecule has 0 unspecified atom stereocenters. The van der Waals surface area contributed by atoms with Gasteiger partial charge in [-0.2, -0.15) is 0 Å². The van der Waals surface area contributed by atoms with Gasteiger partial charge in [0, 0.05) is 16.9 Å². The Labute approximate surface area is 133 Å². The minimum absolute atomic E-state index is 0.0391. The number of thioether (sulfide) groups is 1. The average molecular weight is 309 g/mol. The Morgan fingerprint density at radius 3 is 2.27 bits per heavy atom. The van der Waals surface area contributed by atoms with Crippen LogP contribution in [0.2, 0.25) is 0 Å². The van der Waals surface area contributed by atoms with Crippen LogP contribution in [0.5, 0.6) is 0 Å². The van der Waals surface area contributed by atoms with Crippen molar-refractivity contribution in [2.45, 2.75) is 11.4 Å². The normalized spacial score (nSPS) is 20.2. The maximum absolute atomic E-state index is 11.0. The van der Waals surface area contributed by atoms with Gasteiger partial charge < -0.3 is 5.11 Å². The van der Waals surface area contributed by atoms with E-state index in [9.17, 15) is 4.79 Å². The van der Waals surface area contributed by atoms with Crippen LogP contribution in [0.15, 0.2) is 54.6 Å². The van der Waals surface area contributed by atoms with Crippen molar-refractivity contribution < 1.29 is 9.90 Å². The molecule has 1 saturated heterocycles. The standard InChI is InChI=1S/C18H15NO2S/c20-18(21)16-12-22-17(19-16)15-10-8-14(9-11-15)7-6-13-4-2-1-3-5-13/h1-5,8-11,16-17,19H,12H2,(H,20,21)/t16-,17+/m0/s1. The fourth-order valence-electron chi connectivity index (χ4n) is 2.21. The minimum atomic E-state index is -0.791. The zero-order chi connectivity index (χ0) is 15.4. The van der Waals surface area contributed by atoms with Crippen molar-refractivity contribution in [2.75, 3.05) is 5.75 Å². The predicted molar refractivity (Wildman–Crippen MR) is 88.6 cm³/mol. The zero-order valence-electron chi connectivity index (χ0n) is 11.8. The first kappa shape index (κ1) is 14.7. The summed E-state index contributed by atoms with van der Waals surface area (Å²) in [5.74, 6) is 6.06. The van der Waals surface area contributed by atoms with E-state index in [1.807, 2.05) is 54.6 Å². The Morgan fingerprint density at radius 2 is 1.68 bits per heavy atom. The van der Waals surface area contributed by atoms with Crippen LogP contribution in [0.25, 0.3) is 0 Å². The largest absolute Gasteiger partial charge is 0.480 e. The SMILES string of the molecule is O=C(O)[C@@H]1CS[C@H](c2ccc(C#Cc3ccccc3)cc2)N1. The highest BCUT2D eigenvalue weighted by molar-refractivity contribution is 7.99. The molecule has 2 aromatic carbocycles. The van der Waals surface area contributed by atoms with E-state index < -0.39 is 12.0 Å². The molecule has 4 heteroatoms. The van der Waals surface area contributed by atoms with Crippen molar-refractivity contribution in [2.24, 2.45) is 0 Å². The third kappa shape index (κ3) is 3.51. The van der Waals surface area contributed by atoms with E-state index in [4.69, 9.17) is 5.11 Å². The molecule has 2 atom stereocenters. The average Bonchev–Trinajstić information content (AvgIpc) is 3.05. The van der Waals surface area contributed by atoms with Gasteiger partial charge in [-0.15, -0.1) is 11.8 Å². The summed E-state index contributed by atoms with van der Waals surface area (Å²) in [5.41, 5.74) is 3.02. The highest BCUT2D eigenvalue weighted by atomic mass is 32.2. The van der Waals surface area contributed by atoms with E-state index >= 15 is 0 Å². The monoisotopic (exact) mass is 309 g/mol. The van der Waals surface area contributed by atoms with Crippen molar-refractivity contribution in [1.29, 1.82) is 0 Å². The molecule has 2 aromatic rings. The summed E-state index contributed by atoms with van der Waals surface area (Å²) in [6, 6.07) is 17.4. The Morgan fingerprint density at radius 1 is 1.05 bits per heavy atom. The number of carboxylic acid groups (broad SMARTS) is 1. The molecular formula is C18H15NO2S. The van der Waals surface area contributed by atoms with E-state index in [1.165, 1.54) is 0 Å². The van der Waals surface area contributed by atoms with E-state index in [-0.39, 0.29) is 5.37 Å². The molecule has 1 aliphatic heterocycles. The zero-order valence-corrected chi connectivity index (χ0v) is 12.6. The van der Waals surface area contributed by atoms with Crippen LogP contribution in [0.3, 0.4) is 0 Å². The fraction of sp³-hybridized carbons (Fsp3) is 0.167. The molecule has 3 nitrogen and oxygen atoms in total. The van der Waals surface area contributed by atoms with Crippen LogP contribution < -0.4 is 5.32 Å². The van der Waals surface area contributed by atoms with Crippen LogP contribution in [0, 0.1) is 11.8 Å². The molecular weight excluding hydrogens is 294 g/mol. The molecule has 0 amide bonds. The van der Waals surface area contributed by atoms with Crippen molar-refractivity contribution in [3.8, 4) is 11.8 Å². The Bertz CT molecular complexity index is 716. The van der Waals surface area contributed by atoms with Gasteiger partial charge in [-0.25, -0.2) is 0 Å². The molecule has 2 N–H and O–H groups in total. The van der Waals surface area contributed by atoms with Crippen LogP contribution in [0.4, 0.5) is 0 Å². The minimum Gasteiger partial charge on any atom is -0.480 e. The fourth-order valence-corrected chi connectivity index (χ4v) is 3.45. The van der Waals surface area contributed by atoms with E-state index in [2.05, 4.69) is 17.2 Å². The lowest BCUT2D eigenvalue weighted by Crippen LogP contribution is -2.33. The number of aliphatic carboxylic acids is 1. The van der Waals surface area contributed by atoms with Gasteiger partial charge in [0.05, 0.1) is 5.37 Å². The van der Waals surface area contributed by atoms with Gasteiger partial charge in [-0.1, -0.05) is 42.2 Å². The van der Waals surface area contributed by atoms with Crippen LogP contribution in [-0.4, -0.2) is 22.9 Å². The number of hydrogen-bond acceptors (Lipinski definition) is 3. The van der Waals surface area contributed by atoms with Gasteiger partial charge in [0.25, 0.3) is 0 Å². The molecule has 0 radical (unpaired) electrons. The van der Waals surface area contributed by atoms with Gasteiger partial charge in [0.1, 0.15) is 6.04 Å². The second-order valence-corrected chi connectivity index (χ2v) is 6.15. The first-order chi connectivity index (χ1) is 10.7.